The van der Waals surface area contributed by atoms with Gasteiger partial charge in [-0.25, -0.2) is 4.79 Å². The van der Waals surface area contributed by atoms with Gasteiger partial charge in [0.25, 0.3) is 0 Å². The van der Waals surface area contributed by atoms with Crippen LogP contribution in [0.3, 0.4) is 0 Å². The van der Waals surface area contributed by atoms with Crippen molar-refractivity contribution in [3.8, 4) is 33.9 Å². The Morgan fingerprint density at radius 3 is 2.48 bits per heavy atom. The third-order valence-electron chi connectivity index (χ3n) is 5.74. The lowest BCUT2D eigenvalue weighted by Crippen LogP contribution is -2.15. The summed E-state index contributed by atoms with van der Waals surface area (Å²) in [4.78, 5) is 24.7. The first-order chi connectivity index (χ1) is 15.0. The van der Waals surface area contributed by atoms with Crippen LogP contribution in [0.4, 0.5) is 5.69 Å². The van der Waals surface area contributed by atoms with Gasteiger partial charge in [-0.3, -0.25) is 0 Å². The number of carbonyl (C=O) groups excluding carboxylic acids is 1. The average Bonchev–Trinajstić information content (AvgIpc) is 3.10. The summed E-state index contributed by atoms with van der Waals surface area (Å²) < 4.78 is 18.5. The average molecular weight is 420 g/mol. The van der Waals surface area contributed by atoms with Crippen LogP contribution in [0.2, 0.25) is 0 Å². The van der Waals surface area contributed by atoms with E-state index in [1.807, 2.05) is 31.2 Å². The summed E-state index contributed by atoms with van der Waals surface area (Å²) >= 11 is 0. The summed E-state index contributed by atoms with van der Waals surface area (Å²) in [5.41, 5.74) is 5.59. The van der Waals surface area contributed by atoms with Gasteiger partial charge in [-0.15, -0.1) is 4.91 Å². The van der Waals surface area contributed by atoms with Gasteiger partial charge in [-0.05, 0) is 49.2 Å². The zero-order chi connectivity index (χ0) is 22.1. The summed E-state index contributed by atoms with van der Waals surface area (Å²) in [6.07, 6.45) is 0.771. The topological polar surface area (TPSA) is 79.1 Å². The predicted molar refractivity (Wildman–Crippen MR) is 118 cm³/mol. The number of fused-ring (bicyclic) bond motifs is 3. The van der Waals surface area contributed by atoms with Crippen molar-refractivity contribution in [2.45, 2.75) is 26.8 Å². The Labute approximate surface area is 180 Å². The van der Waals surface area contributed by atoms with Crippen LogP contribution in [0.15, 0.2) is 41.6 Å². The monoisotopic (exact) mass is 420 g/mol. The van der Waals surface area contributed by atoms with Gasteiger partial charge in [0.05, 0.1) is 32.1 Å². The van der Waals surface area contributed by atoms with Gasteiger partial charge in [-0.1, -0.05) is 18.2 Å². The molecule has 0 saturated carbocycles. The summed E-state index contributed by atoms with van der Waals surface area (Å²) in [5.74, 6) is 0.795. The van der Waals surface area contributed by atoms with Crippen LogP contribution in [0.5, 0.6) is 11.5 Å². The minimum atomic E-state index is -0.433. The SMILES string of the molecule is CCOC(=O)c1c(-c2ccccc2N=O)c(C)n2c1-c1cc(OC)c(OC)cc1CC2. The molecule has 2 aromatic carbocycles. The fourth-order valence-corrected chi connectivity index (χ4v) is 4.37. The fraction of sp³-hybridized carbons (Fsp3) is 0.292. The Kier molecular flexibility index (Phi) is 5.50. The van der Waals surface area contributed by atoms with Crippen molar-refractivity contribution in [2.24, 2.45) is 5.18 Å². The summed E-state index contributed by atoms with van der Waals surface area (Å²) in [6.45, 7) is 4.66. The first kappa shape index (κ1) is 20.7. The third-order valence-corrected chi connectivity index (χ3v) is 5.74. The zero-order valence-corrected chi connectivity index (χ0v) is 18.0. The number of aromatic nitrogens is 1. The first-order valence-corrected chi connectivity index (χ1v) is 10.1. The van der Waals surface area contributed by atoms with E-state index in [2.05, 4.69) is 9.74 Å². The second kappa shape index (κ2) is 8.26. The Hall–Kier alpha value is -3.61. The number of aryl methyl sites for hydroxylation is 1. The van der Waals surface area contributed by atoms with Gasteiger partial charge >= 0.3 is 5.97 Å². The molecule has 7 nitrogen and oxygen atoms in total. The smallest absolute Gasteiger partial charge is 0.340 e. The van der Waals surface area contributed by atoms with Crippen molar-refractivity contribution < 1.29 is 19.0 Å². The molecule has 1 aliphatic heterocycles. The van der Waals surface area contributed by atoms with Crippen molar-refractivity contribution in [1.29, 1.82) is 0 Å². The predicted octanol–water partition coefficient (Wildman–Crippen LogP) is 5.28. The molecule has 1 aromatic heterocycles. The fourth-order valence-electron chi connectivity index (χ4n) is 4.37. The van der Waals surface area contributed by atoms with E-state index in [0.717, 1.165) is 28.9 Å². The van der Waals surface area contributed by atoms with Crippen LogP contribution in [0.1, 0.15) is 28.5 Å². The van der Waals surface area contributed by atoms with Gasteiger partial charge in [0.2, 0.25) is 0 Å². The van der Waals surface area contributed by atoms with Crippen molar-refractivity contribution in [2.75, 3.05) is 20.8 Å². The number of benzene rings is 2. The molecular weight excluding hydrogens is 396 g/mol. The Balaban J connectivity index is 2.08. The number of hydrogen-bond acceptors (Lipinski definition) is 6. The molecule has 0 N–H and O–H groups in total. The largest absolute Gasteiger partial charge is 0.493 e. The number of esters is 1. The third kappa shape index (κ3) is 3.26. The van der Waals surface area contributed by atoms with E-state index in [1.54, 1.807) is 33.3 Å². The van der Waals surface area contributed by atoms with Crippen molar-refractivity contribution in [1.82, 2.24) is 4.57 Å². The molecule has 160 valence electrons. The molecule has 0 bridgehead atoms. The molecule has 3 aromatic rings. The molecule has 0 aliphatic carbocycles. The lowest BCUT2D eigenvalue weighted by atomic mass is 9.93. The highest BCUT2D eigenvalue weighted by atomic mass is 16.5. The Morgan fingerprint density at radius 2 is 1.81 bits per heavy atom. The maximum absolute atomic E-state index is 13.2. The second-order valence-corrected chi connectivity index (χ2v) is 7.28. The van der Waals surface area contributed by atoms with E-state index in [-0.39, 0.29) is 12.3 Å². The summed E-state index contributed by atoms with van der Waals surface area (Å²) in [7, 11) is 3.19. The number of carbonyl (C=O) groups is 1. The minimum Gasteiger partial charge on any atom is -0.493 e. The molecule has 1 aliphatic rings. The van der Waals surface area contributed by atoms with Gasteiger partial charge in [0.15, 0.2) is 11.5 Å². The van der Waals surface area contributed by atoms with Gasteiger partial charge < -0.3 is 18.8 Å². The van der Waals surface area contributed by atoms with E-state index in [9.17, 15) is 9.70 Å². The molecule has 0 amide bonds. The highest BCUT2D eigenvalue weighted by molar-refractivity contribution is 6.06. The number of hydrogen-bond donors (Lipinski definition) is 0. The standard InChI is InChI=1S/C24H24N2O5/c1-5-31-24(27)22-21(16-8-6-7-9-18(16)25-28)14(2)26-11-10-15-12-19(29-3)20(30-4)13-17(15)23(22)26/h6-9,12-13H,5,10-11H2,1-4H3. The maximum Gasteiger partial charge on any atom is 0.340 e. The van der Waals surface area contributed by atoms with Crippen molar-refractivity contribution in [3.63, 3.8) is 0 Å². The molecule has 0 fully saturated rings. The molecule has 0 radical (unpaired) electrons. The Bertz CT molecular complexity index is 1180. The molecule has 0 spiro atoms. The molecule has 7 heteroatoms. The number of nitrogens with zero attached hydrogens (tertiary/aromatic N) is 2. The second-order valence-electron chi connectivity index (χ2n) is 7.28. The zero-order valence-electron chi connectivity index (χ0n) is 18.0. The number of rotatable bonds is 6. The normalized spacial score (nSPS) is 12.0. The van der Waals surface area contributed by atoms with Gasteiger partial charge in [-0.2, -0.15) is 0 Å². The Morgan fingerprint density at radius 1 is 1.10 bits per heavy atom. The van der Waals surface area contributed by atoms with Crippen LogP contribution >= 0.6 is 0 Å². The number of methoxy groups -OCH3 is 2. The molecule has 0 unspecified atom stereocenters. The van der Waals surface area contributed by atoms with Crippen LogP contribution in [-0.4, -0.2) is 31.4 Å². The summed E-state index contributed by atoms with van der Waals surface area (Å²) in [6, 6.07) is 10.9. The first-order valence-electron chi connectivity index (χ1n) is 10.1. The maximum atomic E-state index is 13.2. The minimum absolute atomic E-state index is 0.244. The lowest BCUT2D eigenvalue weighted by Gasteiger charge is -2.23. The van der Waals surface area contributed by atoms with E-state index in [4.69, 9.17) is 14.2 Å². The van der Waals surface area contributed by atoms with Crippen LogP contribution in [-0.2, 0) is 17.7 Å². The van der Waals surface area contributed by atoms with E-state index < -0.39 is 5.97 Å². The molecule has 31 heavy (non-hydrogen) atoms. The van der Waals surface area contributed by atoms with E-state index >= 15 is 0 Å². The van der Waals surface area contributed by atoms with Crippen molar-refractivity contribution in [3.05, 3.63) is 58.1 Å². The molecular formula is C24H24N2O5. The van der Waals surface area contributed by atoms with Gasteiger partial charge in [0, 0.05) is 28.9 Å². The molecule has 2 heterocycles. The van der Waals surface area contributed by atoms with E-state index in [0.29, 0.717) is 34.7 Å². The lowest BCUT2D eigenvalue weighted by molar-refractivity contribution is 0.0528. The molecule has 0 atom stereocenters. The molecule has 4 rings (SSSR count). The van der Waals surface area contributed by atoms with Crippen molar-refractivity contribution >= 4 is 11.7 Å². The van der Waals surface area contributed by atoms with Crippen LogP contribution in [0.25, 0.3) is 22.4 Å². The highest BCUT2D eigenvalue weighted by Gasteiger charge is 2.33. The highest BCUT2D eigenvalue weighted by Crippen LogP contribution is 2.46. The van der Waals surface area contributed by atoms with Crippen LogP contribution in [0, 0.1) is 11.8 Å². The van der Waals surface area contributed by atoms with Gasteiger partial charge in [0.1, 0.15) is 5.69 Å². The van der Waals surface area contributed by atoms with E-state index in [1.165, 1.54) is 0 Å². The molecule has 0 saturated heterocycles. The quantitative estimate of drug-likeness (QED) is 0.400. The summed E-state index contributed by atoms with van der Waals surface area (Å²) in [5, 5.41) is 3.19. The number of ether oxygens (including phenoxy) is 3. The number of nitroso groups, excluding NO2 is 1. The van der Waals surface area contributed by atoms with Crippen LogP contribution < -0.4 is 9.47 Å².